The molecule has 0 unspecified atom stereocenters. The fourth-order valence-corrected chi connectivity index (χ4v) is 2.41. The van der Waals surface area contributed by atoms with E-state index < -0.39 is 24.3 Å². The van der Waals surface area contributed by atoms with E-state index in [0.29, 0.717) is 4.47 Å². The van der Waals surface area contributed by atoms with Crippen molar-refractivity contribution in [1.29, 1.82) is 0 Å². The first kappa shape index (κ1) is 17.7. The van der Waals surface area contributed by atoms with Crippen molar-refractivity contribution in [2.75, 3.05) is 11.9 Å². The molecular formula is C15H9BrCl2FNO3. The first-order valence-electron chi connectivity index (χ1n) is 6.24. The summed E-state index contributed by atoms with van der Waals surface area (Å²) in [5, 5.41) is 2.66. The molecule has 1 amide bonds. The van der Waals surface area contributed by atoms with E-state index >= 15 is 0 Å². The second-order valence-corrected chi connectivity index (χ2v) is 6.10. The molecular weight excluding hydrogens is 412 g/mol. The van der Waals surface area contributed by atoms with Crippen LogP contribution >= 0.6 is 39.1 Å². The zero-order chi connectivity index (χ0) is 17.0. The average Bonchev–Trinajstić information content (AvgIpc) is 2.50. The number of halogens is 4. The first-order valence-corrected chi connectivity index (χ1v) is 7.79. The van der Waals surface area contributed by atoms with Gasteiger partial charge in [0, 0.05) is 4.47 Å². The number of anilines is 1. The summed E-state index contributed by atoms with van der Waals surface area (Å²) in [7, 11) is 0. The van der Waals surface area contributed by atoms with Crippen molar-refractivity contribution in [3.05, 3.63) is 62.3 Å². The van der Waals surface area contributed by atoms with Crippen LogP contribution in [0.5, 0.6) is 0 Å². The summed E-state index contributed by atoms with van der Waals surface area (Å²) in [6.07, 6.45) is 0. The van der Waals surface area contributed by atoms with Gasteiger partial charge in [0.05, 0.1) is 21.3 Å². The molecule has 0 saturated heterocycles. The van der Waals surface area contributed by atoms with Crippen molar-refractivity contribution >= 4 is 56.7 Å². The average molecular weight is 421 g/mol. The second-order valence-electron chi connectivity index (χ2n) is 4.37. The zero-order valence-electron chi connectivity index (χ0n) is 11.4. The molecule has 0 fully saturated rings. The minimum absolute atomic E-state index is 0.0414. The Bertz CT molecular complexity index is 770. The summed E-state index contributed by atoms with van der Waals surface area (Å²) in [6, 6.07) is 8.20. The fraction of sp³-hybridized carbons (Fsp3) is 0.0667. The third-order valence-corrected chi connectivity index (χ3v) is 3.82. The molecule has 0 aliphatic carbocycles. The van der Waals surface area contributed by atoms with Crippen LogP contribution in [0, 0.1) is 5.82 Å². The van der Waals surface area contributed by atoms with Crippen molar-refractivity contribution in [3.63, 3.8) is 0 Å². The van der Waals surface area contributed by atoms with Gasteiger partial charge in [0.15, 0.2) is 6.61 Å². The van der Waals surface area contributed by atoms with Crippen LogP contribution in [0.4, 0.5) is 10.1 Å². The summed E-state index contributed by atoms with van der Waals surface area (Å²) in [6.45, 7) is -0.532. The van der Waals surface area contributed by atoms with Crippen molar-refractivity contribution in [3.8, 4) is 0 Å². The molecule has 0 radical (unpaired) electrons. The highest BCUT2D eigenvalue weighted by molar-refractivity contribution is 9.10. The van der Waals surface area contributed by atoms with E-state index in [1.807, 2.05) is 0 Å². The number of hydrogen-bond acceptors (Lipinski definition) is 3. The van der Waals surface area contributed by atoms with E-state index in [9.17, 15) is 14.0 Å². The molecule has 2 rings (SSSR count). The van der Waals surface area contributed by atoms with Crippen LogP contribution in [-0.2, 0) is 9.53 Å². The lowest BCUT2D eigenvalue weighted by Gasteiger charge is -2.09. The highest BCUT2D eigenvalue weighted by Crippen LogP contribution is 2.23. The van der Waals surface area contributed by atoms with Gasteiger partial charge in [-0.15, -0.1) is 0 Å². The molecule has 2 aromatic carbocycles. The number of nitrogens with one attached hydrogen (secondary N) is 1. The maximum absolute atomic E-state index is 12.9. The lowest BCUT2D eigenvalue weighted by atomic mass is 10.2. The molecule has 120 valence electrons. The van der Waals surface area contributed by atoms with Crippen LogP contribution < -0.4 is 5.32 Å². The lowest BCUT2D eigenvalue weighted by molar-refractivity contribution is -0.119. The van der Waals surface area contributed by atoms with E-state index in [1.165, 1.54) is 18.2 Å². The van der Waals surface area contributed by atoms with Gasteiger partial charge >= 0.3 is 5.97 Å². The second kappa shape index (κ2) is 7.77. The predicted molar refractivity (Wildman–Crippen MR) is 89.5 cm³/mol. The number of rotatable bonds is 4. The largest absolute Gasteiger partial charge is 0.452 e. The van der Waals surface area contributed by atoms with E-state index in [2.05, 4.69) is 21.2 Å². The van der Waals surface area contributed by atoms with Gasteiger partial charge < -0.3 is 10.1 Å². The van der Waals surface area contributed by atoms with Gasteiger partial charge in [-0.25, -0.2) is 9.18 Å². The smallest absolute Gasteiger partial charge is 0.340 e. The van der Waals surface area contributed by atoms with E-state index in [0.717, 1.165) is 12.1 Å². The van der Waals surface area contributed by atoms with Gasteiger partial charge in [-0.1, -0.05) is 39.1 Å². The molecule has 0 spiro atoms. The topological polar surface area (TPSA) is 55.4 Å². The lowest BCUT2D eigenvalue weighted by Crippen LogP contribution is -2.21. The highest BCUT2D eigenvalue weighted by atomic mass is 79.9. The summed E-state index contributed by atoms with van der Waals surface area (Å²) in [5.74, 6) is -1.88. The number of ether oxygens (including phenoxy) is 1. The molecule has 0 heterocycles. The molecule has 0 aliphatic heterocycles. The summed E-state index contributed by atoms with van der Waals surface area (Å²) in [4.78, 5) is 23.7. The van der Waals surface area contributed by atoms with Gasteiger partial charge in [-0.2, -0.15) is 0 Å². The van der Waals surface area contributed by atoms with Crippen LogP contribution in [0.3, 0.4) is 0 Å². The van der Waals surface area contributed by atoms with E-state index in [4.69, 9.17) is 27.9 Å². The summed E-state index contributed by atoms with van der Waals surface area (Å²) >= 11 is 14.9. The SMILES string of the molecule is O=C(COC(=O)c1cc(Br)ccc1Cl)Nc1ccc(F)cc1Cl. The molecule has 0 saturated carbocycles. The predicted octanol–water partition coefficient (Wildman–Crippen LogP) is 4.69. The maximum atomic E-state index is 12.9. The van der Waals surface area contributed by atoms with Crippen molar-refractivity contribution in [2.45, 2.75) is 0 Å². The van der Waals surface area contributed by atoms with Gasteiger partial charge in [-0.3, -0.25) is 4.79 Å². The van der Waals surface area contributed by atoms with Gasteiger partial charge in [-0.05, 0) is 36.4 Å². The van der Waals surface area contributed by atoms with Crippen LogP contribution in [0.2, 0.25) is 10.0 Å². The molecule has 0 atom stereocenters. The Kier molecular flexibility index (Phi) is 5.98. The van der Waals surface area contributed by atoms with E-state index in [1.54, 1.807) is 6.07 Å². The van der Waals surface area contributed by atoms with Gasteiger partial charge in [0.2, 0.25) is 0 Å². The fourth-order valence-electron chi connectivity index (χ4n) is 1.64. The van der Waals surface area contributed by atoms with Gasteiger partial charge in [0.25, 0.3) is 5.91 Å². The Balaban J connectivity index is 1.96. The molecule has 2 aromatic rings. The van der Waals surface area contributed by atoms with Gasteiger partial charge in [0.1, 0.15) is 5.82 Å². The standard InChI is InChI=1S/C15H9BrCl2FNO3/c16-8-1-3-11(17)10(5-8)15(22)23-7-14(21)20-13-4-2-9(19)6-12(13)18/h1-6H,7H2,(H,20,21). The normalized spacial score (nSPS) is 10.3. The van der Waals surface area contributed by atoms with Crippen LogP contribution in [-0.4, -0.2) is 18.5 Å². The number of carbonyl (C=O) groups is 2. The summed E-state index contributed by atoms with van der Waals surface area (Å²) < 4.78 is 18.5. The molecule has 4 nitrogen and oxygen atoms in total. The van der Waals surface area contributed by atoms with Crippen LogP contribution in [0.25, 0.3) is 0 Å². The maximum Gasteiger partial charge on any atom is 0.340 e. The Hall–Kier alpha value is -1.63. The van der Waals surface area contributed by atoms with E-state index in [-0.39, 0.29) is 21.3 Å². The summed E-state index contributed by atoms with van der Waals surface area (Å²) in [5.41, 5.74) is 0.350. The number of benzene rings is 2. The Morgan fingerprint density at radius 3 is 2.57 bits per heavy atom. The molecule has 0 aromatic heterocycles. The first-order chi connectivity index (χ1) is 10.9. The van der Waals surface area contributed by atoms with Crippen LogP contribution in [0.1, 0.15) is 10.4 Å². The minimum Gasteiger partial charge on any atom is -0.452 e. The Labute approximate surface area is 149 Å². The molecule has 23 heavy (non-hydrogen) atoms. The number of carbonyl (C=O) groups excluding carboxylic acids is 2. The zero-order valence-corrected chi connectivity index (χ0v) is 14.5. The molecule has 0 bridgehead atoms. The minimum atomic E-state index is -0.739. The van der Waals surface area contributed by atoms with Crippen LogP contribution in [0.15, 0.2) is 40.9 Å². The highest BCUT2D eigenvalue weighted by Gasteiger charge is 2.15. The molecule has 8 heteroatoms. The monoisotopic (exact) mass is 419 g/mol. The number of esters is 1. The van der Waals surface area contributed by atoms with Crippen molar-refractivity contribution in [1.82, 2.24) is 0 Å². The quantitative estimate of drug-likeness (QED) is 0.730. The van der Waals surface area contributed by atoms with Crippen molar-refractivity contribution in [2.24, 2.45) is 0 Å². The number of hydrogen-bond donors (Lipinski definition) is 1. The molecule has 1 N–H and O–H groups in total. The number of amides is 1. The third kappa shape index (κ3) is 4.92. The third-order valence-electron chi connectivity index (χ3n) is 2.69. The molecule has 0 aliphatic rings. The Morgan fingerprint density at radius 1 is 1.13 bits per heavy atom. The van der Waals surface area contributed by atoms with Crippen molar-refractivity contribution < 1.29 is 18.7 Å². The Morgan fingerprint density at radius 2 is 1.87 bits per heavy atom.